The van der Waals surface area contributed by atoms with Gasteiger partial charge in [-0.2, -0.15) is 9.97 Å². The minimum atomic E-state index is -0.904. The maximum Gasteiger partial charge on any atom is 0.319 e. The molecular formula is C38H35ClF2N8O2. The van der Waals surface area contributed by atoms with Crippen molar-refractivity contribution in [2.75, 3.05) is 50.8 Å². The minimum absolute atomic E-state index is 0.0458. The Balaban J connectivity index is 1.01. The third kappa shape index (κ3) is 5.55. The van der Waals surface area contributed by atoms with E-state index < -0.39 is 17.5 Å². The Labute approximate surface area is 298 Å². The number of carbonyl (C=O) groups is 1. The highest BCUT2D eigenvalue weighted by atomic mass is 35.5. The number of amides is 1. The molecule has 3 aromatic heterocycles. The van der Waals surface area contributed by atoms with Crippen molar-refractivity contribution in [1.82, 2.24) is 34.7 Å². The molecule has 0 unspecified atom stereocenters. The molecule has 4 aliphatic heterocycles. The molecule has 7 heterocycles. The first-order chi connectivity index (χ1) is 24.7. The zero-order valence-electron chi connectivity index (χ0n) is 28.0. The van der Waals surface area contributed by atoms with Gasteiger partial charge in [0, 0.05) is 79.0 Å². The summed E-state index contributed by atoms with van der Waals surface area (Å²) in [7, 11) is 0. The normalized spacial score (nSPS) is 22.5. The largest absolute Gasteiger partial charge is 0.461 e. The molecule has 260 valence electrons. The van der Waals surface area contributed by atoms with Crippen molar-refractivity contribution >= 4 is 51.1 Å². The minimum Gasteiger partial charge on any atom is -0.461 e. The van der Waals surface area contributed by atoms with Gasteiger partial charge < -0.3 is 14.5 Å². The molecule has 13 heteroatoms. The zero-order chi connectivity index (χ0) is 34.9. The molecule has 4 fully saturated rings. The molecule has 0 bridgehead atoms. The number of nitrogens with zero attached hydrogens (tertiary/aromatic N) is 8. The highest BCUT2D eigenvalue weighted by molar-refractivity contribution is 6.36. The number of aromatic nitrogens is 5. The van der Waals surface area contributed by atoms with Gasteiger partial charge >= 0.3 is 6.01 Å². The molecule has 4 saturated heterocycles. The summed E-state index contributed by atoms with van der Waals surface area (Å²) in [5.74, 6) is 0.492. The molecule has 0 radical (unpaired) electrons. The van der Waals surface area contributed by atoms with Crippen LogP contribution in [0.5, 0.6) is 6.01 Å². The van der Waals surface area contributed by atoms with Crippen LogP contribution >= 0.6 is 11.6 Å². The number of likely N-dealkylation sites (tertiary alicyclic amines) is 1. The fraction of sp³-hybridized carbons (Fsp3) is 0.368. The summed E-state index contributed by atoms with van der Waals surface area (Å²) in [6.07, 6.45) is 7.83. The van der Waals surface area contributed by atoms with E-state index in [0.29, 0.717) is 77.8 Å². The lowest BCUT2D eigenvalue weighted by Gasteiger charge is -2.60. The number of anilines is 1. The second kappa shape index (κ2) is 12.2. The van der Waals surface area contributed by atoms with Crippen LogP contribution in [0.3, 0.4) is 0 Å². The molecule has 0 aliphatic carbocycles. The monoisotopic (exact) mass is 708 g/mol. The maximum absolute atomic E-state index is 16.8. The zero-order valence-corrected chi connectivity index (χ0v) is 28.8. The average Bonchev–Trinajstić information content (AvgIpc) is 3.61. The number of aryl methyl sites for hydroxylation is 1. The highest BCUT2D eigenvalue weighted by Crippen LogP contribution is 2.45. The van der Waals surface area contributed by atoms with Crippen molar-refractivity contribution in [2.45, 2.75) is 37.9 Å². The second-order valence-corrected chi connectivity index (χ2v) is 14.8. The lowest BCUT2D eigenvalue weighted by Crippen LogP contribution is -2.73. The van der Waals surface area contributed by atoms with Gasteiger partial charge in [0.25, 0.3) is 0 Å². The SMILES string of the molecule is Cc1nccc(/C=C/C(=O)N2CC3(C2)CN(c2nc(OC[C@@]45CCCN4C[C@H](F)C5)nc4c(F)c(-c5cccc6cccc(Cl)c56)ncc24)C3)n1. The average molecular weight is 709 g/mol. The standard InChI is InChI=1S/C38H35ClF2N8O2/c1-23-42-13-11-26(44-23)9-10-30(50)47-18-37(19-47)20-48(21-37)35-28-16-43-33(27-7-2-5-24-6-3-8-29(39)31(24)27)32(41)34(28)45-36(46-35)51-22-38-12-4-14-49(38)17-25(40)15-38/h2-3,5-11,13,16,25H,4,12,14-15,17-22H2,1H3/b10-9+/t25-,38+/m1/s1. The molecule has 51 heavy (non-hydrogen) atoms. The summed E-state index contributed by atoms with van der Waals surface area (Å²) in [4.78, 5) is 41.4. The second-order valence-electron chi connectivity index (χ2n) is 14.4. The molecule has 5 aromatic rings. The summed E-state index contributed by atoms with van der Waals surface area (Å²) in [5.41, 5.74) is 0.958. The molecule has 0 N–H and O–H groups in total. The van der Waals surface area contributed by atoms with Crippen LogP contribution in [0, 0.1) is 18.2 Å². The van der Waals surface area contributed by atoms with E-state index in [9.17, 15) is 9.18 Å². The van der Waals surface area contributed by atoms with Crippen molar-refractivity contribution in [3.05, 3.63) is 83.3 Å². The molecule has 9 rings (SSSR count). The van der Waals surface area contributed by atoms with Crippen LogP contribution in [0.15, 0.2) is 60.9 Å². The van der Waals surface area contributed by atoms with Crippen LogP contribution in [-0.2, 0) is 4.79 Å². The molecule has 1 amide bonds. The van der Waals surface area contributed by atoms with Gasteiger partial charge in [-0.1, -0.05) is 41.9 Å². The van der Waals surface area contributed by atoms with Crippen LogP contribution in [0.4, 0.5) is 14.6 Å². The van der Waals surface area contributed by atoms with E-state index in [1.54, 1.807) is 49.7 Å². The quantitative estimate of drug-likeness (QED) is 0.187. The van der Waals surface area contributed by atoms with E-state index >= 15 is 4.39 Å². The lowest BCUT2D eigenvalue weighted by atomic mass is 9.72. The Morgan fingerprint density at radius 1 is 1.08 bits per heavy atom. The molecule has 1 spiro atoms. The number of halogens is 3. The van der Waals surface area contributed by atoms with Crippen molar-refractivity contribution in [3.8, 4) is 17.3 Å². The van der Waals surface area contributed by atoms with Gasteiger partial charge in [-0.05, 0) is 49.9 Å². The number of hydrogen-bond acceptors (Lipinski definition) is 9. The Morgan fingerprint density at radius 2 is 1.90 bits per heavy atom. The Kier molecular flexibility index (Phi) is 7.66. The van der Waals surface area contributed by atoms with E-state index in [1.807, 2.05) is 29.2 Å². The number of pyridine rings is 1. The smallest absolute Gasteiger partial charge is 0.319 e. The lowest BCUT2D eigenvalue weighted by molar-refractivity contribution is -0.139. The molecule has 0 saturated carbocycles. The number of ether oxygens (including phenoxy) is 1. The Bertz CT molecular complexity index is 2230. The first-order valence-electron chi connectivity index (χ1n) is 17.3. The van der Waals surface area contributed by atoms with Crippen molar-refractivity contribution in [3.63, 3.8) is 0 Å². The van der Waals surface area contributed by atoms with Gasteiger partial charge in [-0.3, -0.25) is 14.7 Å². The summed E-state index contributed by atoms with van der Waals surface area (Å²) >= 11 is 6.62. The van der Waals surface area contributed by atoms with Crippen LogP contribution in [0.2, 0.25) is 5.02 Å². The van der Waals surface area contributed by atoms with Gasteiger partial charge in [0.05, 0.1) is 16.6 Å². The van der Waals surface area contributed by atoms with Gasteiger partial charge in [-0.25, -0.2) is 18.7 Å². The van der Waals surface area contributed by atoms with Gasteiger partial charge in [0.15, 0.2) is 5.82 Å². The van der Waals surface area contributed by atoms with Crippen LogP contribution in [0.25, 0.3) is 39.0 Å². The first kappa shape index (κ1) is 32.1. The summed E-state index contributed by atoms with van der Waals surface area (Å²) < 4.78 is 37.6. The van der Waals surface area contributed by atoms with E-state index in [1.165, 1.54) is 0 Å². The number of carbonyl (C=O) groups excluding carboxylic acids is 1. The number of alkyl halides is 1. The predicted octanol–water partition coefficient (Wildman–Crippen LogP) is 6.05. The molecule has 4 aliphatic rings. The Hall–Kier alpha value is -4.81. The molecule has 10 nitrogen and oxygen atoms in total. The number of hydrogen-bond donors (Lipinski definition) is 0. The summed E-state index contributed by atoms with van der Waals surface area (Å²) in [5, 5.41) is 2.54. The number of benzene rings is 2. The van der Waals surface area contributed by atoms with Gasteiger partial charge in [0.2, 0.25) is 5.91 Å². The molecule has 2 aromatic carbocycles. The van der Waals surface area contributed by atoms with Gasteiger partial charge in [-0.15, -0.1) is 0 Å². The fourth-order valence-electron chi connectivity index (χ4n) is 8.52. The van der Waals surface area contributed by atoms with Crippen molar-refractivity contribution in [1.29, 1.82) is 0 Å². The van der Waals surface area contributed by atoms with E-state index in [4.69, 9.17) is 21.3 Å². The maximum atomic E-state index is 16.8. The third-order valence-corrected chi connectivity index (χ3v) is 11.2. The van der Waals surface area contributed by atoms with Crippen LogP contribution in [-0.4, -0.2) is 98.2 Å². The summed E-state index contributed by atoms with van der Waals surface area (Å²) in [6.45, 7) is 5.71. The topological polar surface area (TPSA) is 100 Å². The van der Waals surface area contributed by atoms with Crippen molar-refractivity contribution in [2.24, 2.45) is 5.41 Å². The van der Waals surface area contributed by atoms with E-state index in [2.05, 4.69) is 29.7 Å². The van der Waals surface area contributed by atoms with Crippen LogP contribution in [0.1, 0.15) is 30.8 Å². The summed E-state index contributed by atoms with van der Waals surface area (Å²) in [6, 6.07) is 13.0. The van der Waals surface area contributed by atoms with E-state index in [0.717, 1.165) is 24.8 Å². The molecule has 2 atom stereocenters. The Morgan fingerprint density at radius 3 is 2.73 bits per heavy atom. The van der Waals surface area contributed by atoms with Crippen LogP contribution < -0.4 is 9.64 Å². The predicted molar refractivity (Wildman–Crippen MR) is 191 cm³/mol. The molecular weight excluding hydrogens is 674 g/mol. The number of rotatable bonds is 7. The highest BCUT2D eigenvalue weighted by Gasteiger charge is 2.54. The third-order valence-electron chi connectivity index (χ3n) is 10.9. The van der Waals surface area contributed by atoms with Gasteiger partial charge in [0.1, 0.15) is 35.6 Å². The first-order valence-corrected chi connectivity index (χ1v) is 17.6. The number of fused-ring (bicyclic) bond motifs is 3. The van der Waals surface area contributed by atoms with E-state index in [-0.39, 0.29) is 35.2 Å². The van der Waals surface area contributed by atoms with Crippen molar-refractivity contribution < 1.29 is 18.3 Å². The fourth-order valence-corrected chi connectivity index (χ4v) is 8.80.